The van der Waals surface area contributed by atoms with E-state index in [0.29, 0.717) is 0 Å². The molecule has 0 aliphatic carbocycles. The average molecular weight is 177 g/mol. The Balaban J connectivity index is 2.57. The number of rotatable bonds is 1. The Hall–Kier alpha value is -1.02. The normalized spacial score (nSPS) is 10.5. The quantitative estimate of drug-likeness (QED) is 0.631. The zero-order valence-corrected chi connectivity index (χ0v) is 8.06. The number of hydrogen-bond donors (Lipinski definition) is 0. The molecule has 0 saturated carbocycles. The first kappa shape index (κ1) is 7.62. The van der Waals surface area contributed by atoms with Crippen molar-refractivity contribution in [1.29, 1.82) is 0 Å². The maximum Gasteiger partial charge on any atom is 0.0581 e. The zero-order valence-electron chi connectivity index (χ0n) is 7.24. The second-order valence-corrected chi connectivity index (χ2v) is 3.85. The van der Waals surface area contributed by atoms with Crippen LogP contribution in [0.25, 0.3) is 10.6 Å². The minimum Gasteiger partial charge on any atom is -0.350 e. The third kappa shape index (κ3) is 1.08. The molecular formula is C10H11NS. The molecule has 0 radical (unpaired) electrons. The van der Waals surface area contributed by atoms with Gasteiger partial charge in [0.2, 0.25) is 0 Å². The van der Waals surface area contributed by atoms with Crippen LogP contribution < -0.4 is 0 Å². The zero-order chi connectivity index (χ0) is 8.55. The summed E-state index contributed by atoms with van der Waals surface area (Å²) in [6, 6.07) is 6.39. The Kier molecular flexibility index (Phi) is 1.77. The van der Waals surface area contributed by atoms with E-state index in [0.717, 1.165) is 0 Å². The van der Waals surface area contributed by atoms with E-state index in [4.69, 9.17) is 0 Å². The van der Waals surface area contributed by atoms with Crippen molar-refractivity contribution >= 4 is 11.3 Å². The Morgan fingerprint density at radius 1 is 1.33 bits per heavy atom. The van der Waals surface area contributed by atoms with Crippen molar-refractivity contribution in [2.24, 2.45) is 7.05 Å². The molecule has 0 aliphatic heterocycles. The van der Waals surface area contributed by atoms with Crippen LogP contribution in [0.1, 0.15) is 5.56 Å². The highest BCUT2D eigenvalue weighted by Crippen LogP contribution is 2.28. The maximum atomic E-state index is 2.16. The van der Waals surface area contributed by atoms with E-state index in [9.17, 15) is 0 Å². The highest BCUT2D eigenvalue weighted by atomic mass is 32.1. The van der Waals surface area contributed by atoms with E-state index in [2.05, 4.69) is 48.3 Å². The molecule has 0 aromatic carbocycles. The minimum atomic E-state index is 1.31. The van der Waals surface area contributed by atoms with Crippen LogP contribution in [0.15, 0.2) is 29.8 Å². The van der Waals surface area contributed by atoms with E-state index < -0.39 is 0 Å². The van der Waals surface area contributed by atoms with Gasteiger partial charge in [-0.15, -0.1) is 11.3 Å². The molecule has 1 nitrogen and oxygen atoms in total. The molecule has 62 valence electrons. The van der Waals surface area contributed by atoms with Crippen LogP contribution in [-0.4, -0.2) is 4.57 Å². The molecule has 2 heterocycles. The van der Waals surface area contributed by atoms with Crippen LogP contribution in [0.3, 0.4) is 0 Å². The molecule has 0 spiro atoms. The number of nitrogens with zero attached hydrogens (tertiary/aromatic N) is 1. The summed E-state index contributed by atoms with van der Waals surface area (Å²) in [6.07, 6.45) is 2.08. The standard InChI is InChI=1S/C10H11NS/c1-8-5-7-12-10(8)9-4-3-6-11(9)2/h3-7H,1-2H3. The van der Waals surface area contributed by atoms with Crippen LogP contribution in [0.4, 0.5) is 0 Å². The van der Waals surface area contributed by atoms with Crippen LogP contribution in [0.5, 0.6) is 0 Å². The Morgan fingerprint density at radius 3 is 2.67 bits per heavy atom. The highest BCUT2D eigenvalue weighted by Gasteiger charge is 2.04. The Morgan fingerprint density at radius 2 is 2.17 bits per heavy atom. The van der Waals surface area contributed by atoms with Crippen molar-refractivity contribution in [2.45, 2.75) is 6.92 Å². The first-order chi connectivity index (χ1) is 5.79. The molecule has 2 aromatic rings. The second kappa shape index (κ2) is 2.79. The van der Waals surface area contributed by atoms with E-state index in [1.807, 2.05) is 0 Å². The van der Waals surface area contributed by atoms with Crippen molar-refractivity contribution in [3.63, 3.8) is 0 Å². The lowest BCUT2D eigenvalue weighted by molar-refractivity contribution is 0.938. The summed E-state index contributed by atoms with van der Waals surface area (Å²) in [7, 11) is 2.08. The molecule has 0 aliphatic rings. The molecule has 12 heavy (non-hydrogen) atoms. The molecule has 2 heteroatoms. The lowest BCUT2D eigenvalue weighted by Crippen LogP contribution is -1.87. The van der Waals surface area contributed by atoms with Gasteiger partial charge in [-0.3, -0.25) is 0 Å². The summed E-state index contributed by atoms with van der Waals surface area (Å²) in [5, 5.41) is 2.14. The number of hydrogen-bond acceptors (Lipinski definition) is 1. The summed E-state index contributed by atoms with van der Waals surface area (Å²) >= 11 is 1.80. The fraction of sp³-hybridized carbons (Fsp3) is 0.200. The highest BCUT2D eigenvalue weighted by molar-refractivity contribution is 7.13. The van der Waals surface area contributed by atoms with Gasteiger partial charge < -0.3 is 4.57 Å². The average Bonchev–Trinajstić information content (AvgIpc) is 2.59. The fourth-order valence-corrected chi connectivity index (χ4v) is 2.33. The largest absolute Gasteiger partial charge is 0.350 e. The molecule has 2 aromatic heterocycles. The van der Waals surface area contributed by atoms with Crippen molar-refractivity contribution < 1.29 is 0 Å². The van der Waals surface area contributed by atoms with Crippen LogP contribution in [0.2, 0.25) is 0 Å². The van der Waals surface area contributed by atoms with Crippen LogP contribution in [-0.2, 0) is 7.05 Å². The summed E-state index contributed by atoms with van der Waals surface area (Å²) in [6.45, 7) is 2.15. The van der Waals surface area contributed by atoms with E-state index in [1.54, 1.807) is 11.3 Å². The molecule has 0 unspecified atom stereocenters. The first-order valence-corrected chi connectivity index (χ1v) is 4.83. The molecule has 0 amide bonds. The molecular weight excluding hydrogens is 166 g/mol. The van der Waals surface area contributed by atoms with Crippen LogP contribution >= 0.6 is 11.3 Å². The van der Waals surface area contributed by atoms with E-state index in [1.165, 1.54) is 16.1 Å². The third-order valence-electron chi connectivity index (χ3n) is 2.04. The van der Waals surface area contributed by atoms with Gasteiger partial charge in [0.05, 0.1) is 10.6 Å². The summed E-state index contributed by atoms with van der Waals surface area (Å²) in [5.41, 5.74) is 2.67. The lowest BCUT2D eigenvalue weighted by Gasteiger charge is -2.00. The summed E-state index contributed by atoms with van der Waals surface area (Å²) < 4.78 is 2.15. The number of thiophene rings is 1. The smallest absolute Gasteiger partial charge is 0.0581 e. The first-order valence-electron chi connectivity index (χ1n) is 3.95. The van der Waals surface area contributed by atoms with Gasteiger partial charge in [0, 0.05) is 13.2 Å². The van der Waals surface area contributed by atoms with Crippen molar-refractivity contribution in [3.8, 4) is 10.6 Å². The van der Waals surface area contributed by atoms with Crippen molar-refractivity contribution in [2.75, 3.05) is 0 Å². The molecule has 0 bridgehead atoms. The van der Waals surface area contributed by atoms with Gasteiger partial charge >= 0.3 is 0 Å². The second-order valence-electron chi connectivity index (χ2n) is 2.94. The van der Waals surface area contributed by atoms with Gasteiger partial charge in [0.15, 0.2) is 0 Å². The van der Waals surface area contributed by atoms with E-state index >= 15 is 0 Å². The molecule has 2 rings (SSSR count). The van der Waals surface area contributed by atoms with Crippen molar-refractivity contribution in [1.82, 2.24) is 4.57 Å². The van der Waals surface area contributed by atoms with Crippen molar-refractivity contribution in [3.05, 3.63) is 35.3 Å². The Labute approximate surface area is 76.3 Å². The number of aromatic nitrogens is 1. The number of aryl methyl sites for hydroxylation is 2. The fourth-order valence-electron chi connectivity index (χ4n) is 1.33. The molecule has 0 N–H and O–H groups in total. The van der Waals surface area contributed by atoms with Gasteiger partial charge in [-0.25, -0.2) is 0 Å². The molecule has 0 fully saturated rings. The third-order valence-corrected chi connectivity index (χ3v) is 3.08. The molecule has 0 saturated heterocycles. The van der Waals surface area contributed by atoms with Gasteiger partial charge in [-0.2, -0.15) is 0 Å². The monoisotopic (exact) mass is 177 g/mol. The minimum absolute atomic E-state index is 1.31. The van der Waals surface area contributed by atoms with Crippen LogP contribution in [0, 0.1) is 6.92 Å². The topological polar surface area (TPSA) is 4.93 Å². The molecule has 0 atom stereocenters. The van der Waals surface area contributed by atoms with Gasteiger partial charge in [-0.05, 0) is 36.1 Å². The van der Waals surface area contributed by atoms with Gasteiger partial charge in [0.25, 0.3) is 0 Å². The van der Waals surface area contributed by atoms with Gasteiger partial charge in [0.1, 0.15) is 0 Å². The van der Waals surface area contributed by atoms with Gasteiger partial charge in [-0.1, -0.05) is 0 Å². The predicted octanol–water partition coefficient (Wildman–Crippen LogP) is 3.06. The Bertz CT molecular complexity index is 346. The summed E-state index contributed by atoms with van der Waals surface area (Å²) in [5.74, 6) is 0. The van der Waals surface area contributed by atoms with E-state index in [-0.39, 0.29) is 0 Å². The lowest BCUT2D eigenvalue weighted by atomic mass is 10.2. The predicted molar refractivity (Wildman–Crippen MR) is 53.5 cm³/mol. The summed E-state index contributed by atoms with van der Waals surface area (Å²) in [4.78, 5) is 1.38. The SMILES string of the molecule is Cc1ccsc1-c1cccn1C. The maximum absolute atomic E-state index is 2.16.